The van der Waals surface area contributed by atoms with Gasteiger partial charge in [-0.25, -0.2) is 0 Å². The third-order valence-corrected chi connectivity index (χ3v) is 5.03. The van der Waals surface area contributed by atoms with E-state index in [1.54, 1.807) is 11.8 Å². The maximum absolute atomic E-state index is 12.0. The fourth-order valence-corrected chi connectivity index (χ4v) is 3.42. The molecule has 1 amide bonds. The van der Waals surface area contributed by atoms with Crippen LogP contribution in [0.2, 0.25) is 0 Å². The lowest BCUT2D eigenvalue weighted by atomic mass is 10.1. The molecule has 2 aromatic carbocycles. The monoisotopic (exact) mass is 392 g/mol. The number of hydrogen-bond acceptors (Lipinski definition) is 6. The number of nitrogens with one attached hydrogen (secondary N) is 1. The van der Waals surface area contributed by atoms with E-state index < -0.39 is 0 Å². The molecule has 0 saturated carbocycles. The Bertz CT molecular complexity index is 950. The molecule has 3 rings (SSSR count). The van der Waals surface area contributed by atoms with Crippen molar-refractivity contribution >= 4 is 17.7 Å². The molecule has 6 nitrogen and oxygen atoms in total. The molecular weight excluding hydrogens is 372 g/mol. The zero-order valence-electron chi connectivity index (χ0n) is 15.3. The molecule has 28 heavy (non-hydrogen) atoms. The van der Waals surface area contributed by atoms with Crippen molar-refractivity contribution in [3.63, 3.8) is 0 Å². The van der Waals surface area contributed by atoms with Gasteiger partial charge in [-0.1, -0.05) is 36.4 Å². The van der Waals surface area contributed by atoms with Gasteiger partial charge in [0.25, 0.3) is 0 Å². The van der Waals surface area contributed by atoms with Crippen molar-refractivity contribution in [2.24, 2.45) is 0 Å². The summed E-state index contributed by atoms with van der Waals surface area (Å²) in [5.41, 5.74) is 2.58. The van der Waals surface area contributed by atoms with Crippen LogP contribution in [0.5, 0.6) is 0 Å². The fraction of sp³-hybridized carbons (Fsp3) is 0.238. The van der Waals surface area contributed by atoms with Crippen molar-refractivity contribution in [1.82, 2.24) is 15.5 Å². The van der Waals surface area contributed by atoms with Crippen molar-refractivity contribution in [1.29, 1.82) is 5.26 Å². The van der Waals surface area contributed by atoms with Crippen molar-refractivity contribution in [3.05, 3.63) is 71.6 Å². The molecule has 0 saturated heterocycles. The molecule has 0 bridgehead atoms. The first kappa shape index (κ1) is 19.6. The van der Waals surface area contributed by atoms with Gasteiger partial charge in [0.15, 0.2) is 0 Å². The average Bonchev–Trinajstić information content (AvgIpc) is 3.22. The summed E-state index contributed by atoms with van der Waals surface area (Å²) in [7, 11) is 0. The van der Waals surface area contributed by atoms with Crippen LogP contribution in [0.4, 0.5) is 0 Å². The Kier molecular flexibility index (Phi) is 7.21. The highest BCUT2D eigenvalue weighted by molar-refractivity contribution is 7.98. The summed E-state index contributed by atoms with van der Waals surface area (Å²) < 4.78 is 5.60. The van der Waals surface area contributed by atoms with Crippen LogP contribution in [0.3, 0.4) is 0 Å². The summed E-state index contributed by atoms with van der Waals surface area (Å²) in [5, 5.41) is 20.0. The first-order valence-corrected chi connectivity index (χ1v) is 10.1. The quantitative estimate of drug-likeness (QED) is 0.560. The van der Waals surface area contributed by atoms with Gasteiger partial charge >= 0.3 is 0 Å². The van der Waals surface area contributed by atoms with Crippen molar-refractivity contribution < 1.29 is 9.21 Å². The minimum atomic E-state index is -0.0440. The molecule has 142 valence electrons. The molecule has 0 aliphatic rings. The van der Waals surface area contributed by atoms with Gasteiger partial charge in [-0.2, -0.15) is 17.0 Å². The number of nitrogens with zero attached hydrogens (tertiary/aromatic N) is 3. The second-order valence-electron chi connectivity index (χ2n) is 6.04. The molecule has 7 heteroatoms. The molecule has 0 radical (unpaired) electrons. The lowest BCUT2D eigenvalue weighted by Gasteiger charge is -2.05. The number of nitriles is 1. The maximum Gasteiger partial charge on any atom is 0.247 e. The standard InChI is InChI=1S/C21H20N4O2S/c22-14-17-8-4-5-9-18(17)15-28-13-12-23-19(26)10-11-20-24-25-21(27-20)16-6-2-1-3-7-16/h1-9H,10-13,15H2,(H,23,26). The molecule has 0 fully saturated rings. The van der Waals surface area contributed by atoms with Gasteiger partial charge in [0.1, 0.15) is 0 Å². The summed E-state index contributed by atoms with van der Waals surface area (Å²) in [6.07, 6.45) is 0.715. The molecule has 1 aromatic heterocycles. The van der Waals surface area contributed by atoms with Crippen LogP contribution in [-0.4, -0.2) is 28.4 Å². The van der Waals surface area contributed by atoms with Crippen LogP contribution in [0.1, 0.15) is 23.4 Å². The Hall–Kier alpha value is -3.11. The number of rotatable bonds is 9. The van der Waals surface area contributed by atoms with Gasteiger partial charge in [-0.3, -0.25) is 4.79 Å². The molecule has 1 heterocycles. The minimum Gasteiger partial charge on any atom is -0.421 e. The Balaban J connectivity index is 1.34. The third kappa shape index (κ3) is 5.69. The lowest BCUT2D eigenvalue weighted by molar-refractivity contribution is -0.121. The maximum atomic E-state index is 12.0. The highest BCUT2D eigenvalue weighted by Crippen LogP contribution is 2.17. The van der Waals surface area contributed by atoms with Crippen LogP contribution < -0.4 is 5.32 Å². The van der Waals surface area contributed by atoms with E-state index in [-0.39, 0.29) is 5.91 Å². The Morgan fingerprint density at radius 1 is 1.11 bits per heavy atom. The van der Waals surface area contributed by atoms with E-state index in [1.165, 1.54) is 0 Å². The normalized spacial score (nSPS) is 10.4. The number of benzene rings is 2. The van der Waals surface area contributed by atoms with Crippen LogP contribution >= 0.6 is 11.8 Å². The summed E-state index contributed by atoms with van der Waals surface area (Å²) >= 11 is 1.69. The molecular formula is C21H20N4O2S. The van der Waals surface area contributed by atoms with E-state index >= 15 is 0 Å². The second kappa shape index (κ2) is 10.3. The number of amides is 1. The van der Waals surface area contributed by atoms with Gasteiger partial charge in [-0.05, 0) is 23.8 Å². The topological polar surface area (TPSA) is 91.8 Å². The summed E-state index contributed by atoms with van der Waals surface area (Å²) in [6, 6.07) is 19.3. The van der Waals surface area contributed by atoms with E-state index in [4.69, 9.17) is 9.68 Å². The molecule has 1 N–H and O–H groups in total. The highest BCUT2D eigenvalue weighted by Gasteiger charge is 2.10. The van der Waals surface area contributed by atoms with E-state index in [2.05, 4.69) is 21.6 Å². The fourth-order valence-electron chi connectivity index (χ4n) is 2.56. The van der Waals surface area contributed by atoms with Crippen LogP contribution in [0.15, 0.2) is 59.0 Å². The number of hydrogen-bond donors (Lipinski definition) is 1. The van der Waals surface area contributed by atoms with E-state index in [1.807, 2.05) is 54.6 Å². The summed E-state index contributed by atoms with van der Waals surface area (Å²) in [4.78, 5) is 12.0. The predicted octanol–water partition coefficient (Wildman–Crippen LogP) is 3.59. The van der Waals surface area contributed by atoms with Crippen LogP contribution in [0.25, 0.3) is 11.5 Å². The van der Waals surface area contributed by atoms with E-state index in [0.717, 1.165) is 22.6 Å². The van der Waals surface area contributed by atoms with E-state index in [9.17, 15) is 4.79 Å². The highest BCUT2D eigenvalue weighted by atomic mass is 32.2. The van der Waals surface area contributed by atoms with Crippen LogP contribution in [0, 0.1) is 11.3 Å². The Labute approximate surface area is 168 Å². The third-order valence-electron chi connectivity index (χ3n) is 4.02. The number of aromatic nitrogens is 2. The number of thioether (sulfide) groups is 1. The van der Waals surface area contributed by atoms with Gasteiger partial charge in [-0.15, -0.1) is 10.2 Å². The van der Waals surface area contributed by atoms with Crippen LogP contribution in [-0.2, 0) is 17.0 Å². The molecule has 0 spiro atoms. The minimum absolute atomic E-state index is 0.0440. The first-order chi connectivity index (χ1) is 13.8. The second-order valence-corrected chi connectivity index (χ2v) is 7.14. The zero-order chi connectivity index (χ0) is 19.6. The lowest BCUT2D eigenvalue weighted by Crippen LogP contribution is -2.26. The molecule has 0 aliphatic carbocycles. The van der Waals surface area contributed by atoms with Gasteiger partial charge in [0.05, 0.1) is 11.6 Å². The molecule has 0 atom stereocenters. The van der Waals surface area contributed by atoms with Crippen molar-refractivity contribution in [2.45, 2.75) is 18.6 Å². The van der Waals surface area contributed by atoms with Gasteiger partial charge < -0.3 is 9.73 Å². The molecule has 3 aromatic rings. The Morgan fingerprint density at radius 3 is 2.71 bits per heavy atom. The Morgan fingerprint density at radius 2 is 1.89 bits per heavy atom. The predicted molar refractivity (Wildman–Crippen MR) is 108 cm³/mol. The van der Waals surface area contributed by atoms with E-state index in [0.29, 0.717) is 36.7 Å². The average molecular weight is 392 g/mol. The van der Waals surface area contributed by atoms with Crippen molar-refractivity contribution in [3.8, 4) is 17.5 Å². The first-order valence-electron chi connectivity index (χ1n) is 8.96. The summed E-state index contributed by atoms with van der Waals surface area (Å²) in [5.74, 6) is 2.41. The SMILES string of the molecule is N#Cc1ccccc1CSCCNC(=O)CCc1nnc(-c2ccccc2)o1. The summed E-state index contributed by atoms with van der Waals surface area (Å²) in [6.45, 7) is 0.581. The smallest absolute Gasteiger partial charge is 0.247 e. The number of carbonyl (C=O) groups is 1. The molecule has 0 unspecified atom stereocenters. The van der Waals surface area contributed by atoms with Gasteiger partial charge in [0.2, 0.25) is 17.7 Å². The largest absolute Gasteiger partial charge is 0.421 e. The molecule has 0 aliphatic heterocycles. The van der Waals surface area contributed by atoms with Crippen molar-refractivity contribution in [2.75, 3.05) is 12.3 Å². The zero-order valence-corrected chi connectivity index (χ0v) is 16.1. The van der Waals surface area contributed by atoms with Gasteiger partial charge in [0, 0.05) is 36.5 Å². The number of carbonyl (C=O) groups excluding carboxylic acids is 1. The number of aryl methyl sites for hydroxylation is 1.